The number of anilines is 1. The zero-order chi connectivity index (χ0) is 22.9. The molecule has 0 saturated carbocycles. The molecule has 2 heterocycles. The van der Waals surface area contributed by atoms with Gasteiger partial charge in [-0.05, 0) is 49.6 Å². The number of rotatable bonds is 4. The van der Waals surface area contributed by atoms with E-state index in [0.717, 1.165) is 28.2 Å². The second-order valence-corrected chi connectivity index (χ2v) is 9.46. The molecule has 3 aromatic carbocycles. The Balaban J connectivity index is 1.50. The fourth-order valence-electron chi connectivity index (χ4n) is 3.89. The number of aromatic nitrogens is 3. The zero-order valence-electron chi connectivity index (χ0n) is 18.7. The number of hydrogen-bond acceptors (Lipinski definition) is 5. The van der Waals surface area contributed by atoms with Crippen LogP contribution in [0.4, 0.5) is 5.69 Å². The number of nitrogens with zero attached hydrogens (tertiary/aromatic N) is 3. The van der Waals surface area contributed by atoms with Crippen LogP contribution in [-0.4, -0.2) is 26.0 Å². The fraction of sp³-hybridized carbons (Fsp3) is 0.192. The highest BCUT2D eigenvalue weighted by molar-refractivity contribution is 8.00. The molecule has 0 aliphatic carbocycles. The van der Waals surface area contributed by atoms with Crippen LogP contribution in [-0.2, 0) is 4.79 Å². The van der Waals surface area contributed by atoms with Gasteiger partial charge in [-0.15, -0.1) is 10.2 Å². The number of nitrogens with one attached hydrogen (secondary N) is 2. The molecule has 1 aliphatic rings. The van der Waals surface area contributed by atoms with Gasteiger partial charge < -0.3 is 10.7 Å². The predicted octanol–water partition coefficient (Wildman–Crippen LogP) is 5.27. The molecule has 0 bridgehead atoms. The summed E-state index contributed by atoms with van der Waals surface area (Å²) in [5, 5.41) is 12.1. The van der Waals surface area contributed by atoms with Gasteiger partial charge in [0.1, 0.15) is 5.25 Å². The Bertz CT molecular complexity index is 1300. The molecule has 4 aromatic rings. The number of hydrogen-bond donors (Lipinski definition) is 2. The van der Waals surface area contributed by atoms with Crippen LogP contribution in [0.1, 0.15) is 28.3 Å². The molecule has 0 radical (unpaired) electrons. The van der Waals surface area contributed by atoms with Gasteiger partial charge in [-0.2, -0.15) is 0 Å². The monoisotopic (exact) mass is 455 g/mol. The lowest BCUT2D eigenvalue weighted by atomic mass is 10.0. The van der Waals surface area contributed by atoms with Gasteiger partial charge in [-0.3, -0.25) is 4.79 Å². The van der Waals surface area contributed by atoms with Gasteiger partial charge in [0.25, 0.3) is 0 Å². The van der Waals surface area contributed by atoms with Crippen molar-refractivity contribution in [1.29, 1.82) is 0 Å². The third kappa shape index (κ3) is 4.24. The Morgan fingerprint density at radius 1 is 0.939 bits per heavy atom. The predicted molar refractivity (Wildman–Crippen MR) is 133 cm³/mol. The van der Waals surface area contributed by atoms with E-state index in [4.69, 9.17) is 0 Å². The van der Waals surface area contributed by atoms with E-state index in [1.165, 1.54) is 22.9 Å². The van der Waals surface area contributed by atoms with Crippen molar-refractivity contribution in [2.75, 3.05) is 10.7 Å². The molecule has 0 fully saturated rings. The molecular weight excluding hydrogens is 430 g/mol. The third-order valence-corrected chi connectivity index (χ3v) is 7.15. The van der Waals surface area contributed by atoms with E-state index in [1.807, 2.05) is 60.1 Å². The number of benzene rings is 3. The van der Waals surface area contributed by atoms with E-state index < -0.39 is 5.25 Å². The van der Waals surface area contributed by atoms with E-state index in [-0.39, 0.29) is 11.9 Å². The molecule has 5 rings (SSSR count). The Morgan fingerprint density at radius 3 is 2.42 bits per heavy atom. The third-order valence-electron chi connectivity index (χ3n) is 5.94. The van der Waals surface area contributed by atoms with Gasteiger partial charge in [-0.1, -0.05) is 78.0 Å². The first-order chi connectivity index (χ1) is 16.0. The lowest BCUT2D eigenvalue weighted by molar-refractivity contribution is -0.116. The quantitative estimate of drug-likeness (QED) is 0.439. The minimum absolute atomic E-state index is 0.0724. The van der Waals surface area contributed by atoms with Crippen LogP contribution < -0.4 is 10.7 Å². The van der Waals surface area contributed by atoms with Gasteiger partial charge in [0.05, 0.1) is 6.04 Å². The van der Waals surface area contributed by atoms with E-state index in [2.05, 4.69) is 59.1 Å². The number of fused-ring (bicyclic) bond motifs is 1. The standard InChI is InChI=1S/C26H25N5OS/c1-16-9-12-19(13-10-16)22-23(25(32)27-21-14-11-17(2)18(3)15-21)33-26-29-28-24(31(26)30-22)20-7-5-4-6-8-20/h4-15,22-23,30H,1-3H3,(H,27,32)/t22-,23-/m1/s1. The van der Waals surface area contributed by atoms with Crippen LogP contribution in [0.5, 0.6) is 0 Å². The highest BCUT2D eigenvalue weighted by Gasteiger charge is 2.38. The Morgan fingerprint density at radius 2 is 1.70 bits per heavy atom. The SMILES string of the molecule is Cc1ccc([C@H]2Nn3c(nnc3-c3ccccc3)S[C@H]2C(=O)Nc2ccc(C)c(C)c2)cc1. The molecular formula is C26H25N5OS. The van der Waals surface area contributed by atoms with Crippen molar-refractivity contribution < 1.29 is 4.79 Å². The van der Waals surface area contributed by atoms with Crippen molar-refractivity contribution in [2.24, 2.45) is 0 Å². The van der Waals surface area contributed by atoms with Crippen molar-refractivity contribution in [1.82, 2.24) is 14.9 Å². The first kappa shape index (κ1) is 21.3. The maximum absolute atomic E-state index is 13.5. The molecule has 0 saturated heterocycles. The van der Waals surface area contributed by atoms with Crippen LogP contribution in [0.15, 0.2) is 78.0 Å². The van der Waals surface area contributed by atoms with Gasteiger partial charge in [-0.25, -0.2) is 4.68 Å². The number of carbonyl (C=O) groups is 1. The van der Waals surface area contributed by atoms with Gasteiger partial charge in [0.15, 0.2) is 5.82 Å². The van der Waals surface area contributed by atoms with Crippen LogP contribution >= 0.6 is 11.8 Å². The summed E-state index contributed by atoms with van der Waals surface area (Å²) in [4.78, 5) is 13.5. The maximum atomic E-state index is 13.5. The van der Waals surface area contributed by atoms with Gasteiger partial charge in [0.2, 0.25) is 11.1 Å². The van der Waals surface area contributed by atoms with E-state index >= 15 is 0 Å². The summed E-state index contributed by atoms with van der Waals surface area (Å²) < 4.78 is 1.89. The molecule has 2 N–H and O–H groups in total. The van der Waals surface area contributed by atoms with E-state index in [1.54, 1.807) is 0 Å². The molecule has 2 atom stereocenters. The lowest BCUT2D eigenvalue weighted by Crippen LogP contribution is -2.41. The molecule has 0 spiro atoms. The Hall–Kier alpha value is -3.58. The van der Waals surface area contributed by atoms with Crippen LogP contribution in [0.25, 0.3) is 11.4 Å². The topological polar surface area (TPSA) is 71.8 Å². The highest BCUT2D eigenvalue weighted by atomic mass is 32.2. The van der Waals surface area contributed by atoms with Crippen molar-refractivity contribution >= 4 is 23.4 Å². The van der Waals surface area contributed by atoms with Crippen molar-refractivity contribution in [3.05, 3.63) is 95.1 Å². The molecule has 0 unspecified atom stereocenters. The van der Waals surface area contributed by atoms with Crippen molar-refractivity contribution in [3.8, 4) is 11.4 Å². The summed E-state index contributed by atoms with van der Waals surface area (Å²) in [5.41, 5.74) is 9.83. The lowest BCUT2D eigenvalue weighted by Gasteiger charge is -2.33. The average Bonchev–Trinajstić information content (AvgIpc) is 3.25. The summed E-state index contributed by atoms with van der Waals surface area (Å²) >= 11 is 1.43. The van der Waals surface area contributed by atoms with Crippen molar-refractivity contribution in [2.45, 2.75) is 37.2 Å². The Kier molecular flexibility index (Phi) is 5.64. The molecule has 166 valence electrons. The second-order valence-electron chi connectivity index (χ2n) is 8.35. The largest absolute Gasteiger partial charge is 0.325 e. The van der Waals surface area contributed by atoms with Crippen LogP contribution in [0.3, 0.4) is 0 Å². The molecule has 1 amide bonds. The molecule has 7 heteroatoms. The molecule has 1 aromatic heterocycles. The summed E-state index contributed by atoms with van der Waals surface area (Å²) in [6.45, 7) is 6.17. The van der Waals surface area contributed by atoms with E-state index in [0.29, 0.717) is 5.16 Å². The Labute approximate surface area is 197 Å². The molecule has 1 aliphatic heterocycles. The number of amides is 1. The minimum Gasteiger partial charge on any atom is -0.325 e. The molecule has 33 heavy (non-hydrogen) atoms. The smallest absolute Gasteiger partial charge is 0.240 e. The average molecular weight is 456 g/mol. The number of carbonyl (C=O) groups excluding carboxylic acids is 1. The number of aryl methyl sites for hydroxylation is 3. The summed E-state index contributed by atoms with van der Waals surface area (Å²) in [5.74, 6) is 0.653. The second kappa shape index (κ2) is 8.75. The normalized spacial score (nSPS) is 17.2. The maximum Gasteiger partial charge on any atom is 0.240 e. The highest BCUT2D eigenvalue weighted by Crippen LogP contribution is 2.39. The fourth-order valence-corrected chi connectivity index (χ4v) is 4.97. The van der Waals surface area contributed by atoms with Crippen LogP contribution in [0, 0.1) is 20.8 Å². The zero-order valence-corrected chi connectivity index (χ0v) is 19.6. The summed E-state index contributed by atoms with van der Waals surface area (Å²) in [7, 11) is 0. The first-order valence-electron chi connectivity index (χ1n) is 10.9. The van der Waals surface area contributed by atoms with Gasteiger partial charge in [0, 0.05) is 11.3 Å². The van der Waals surface area contributed by atoms with Crippen LogP contribution in [0.2, 0.25) is 0 Å². The summed E-state index contributed by atoms with van der Waals surface area (Å²) in [6.07, 6.45) is 0. The molecule has 6 nitrogen and oxygen atoms in total. The van der Waals surface area contributed by atoms with Crippen molar-refractivity contribution in [3.63, 3.8) is 0 Å². The first-order valence-corrected chi connectivity index (χ1v) is 11.8. The van der Waals surface area contributed by atoms with E-state index in [9.17, 15) is 4.79 Å². The van der Waals surface area contributed by atoms with Gasteiger partial charge >= 0.3 is 0 Å². The minimum atomic E-state index is -0.422. The summed E-state index contributed by atoms with van der Waals surface area (Å²) in [6, 6.07) is 23.9. The number of thioether (sulfide) groups is 1.